The Hall–Kier alpha value is -1.06. The summed E-state index contributed by atoms with van der Waals surface area (Å²) in [6.07, 6.45) is 0.782. The minimum atomic E-state index is 0.287. The first-order chi connectivity index (χ1) is 10.1. The molecule has 1 aromatic carbocycles. The molecule has 116 valence electrons. The third-order valence-corrected chi connectivity index (χ3v) is 4.02. The summed E-state index contributed by atoms with van der Waals surface area (Å²) in [6, 6.07) is 6.70. The number of alkyl halides is 1. The van der Waals surface area contributed by atoms with Crippen LogP contribution in [0.4, 0.5) is 0 Å². The normalized spacial score (nSPS) is 13.2. The number of rotatable bonds is 7. The molecule has 0 amide bonds. The van der Waals surface area contributed by atoms with E-state index in [9.17, 15) is 0 Å². The van der Waals surface area contributed by atoms with Crippen LogP contribution in [0.2, 0.25) is 0 Å². The summed E-state index contributed by atoms with van der Waals surface area (Å²) in [7, 11) is 0. The smallest absolute Gasteiger partial charge is 0.111 e. The lowest BCUT2D eigenvalue weighted by molar-refractivity contribution is 0.0969. The fraction of sp³-hybridized carbons (Fsp3) is 0.588. The molecule has 0 spiro atoms. The van der Waals surface area contributed by atoms with E-state index in [1.54, 1.807) is 0 Å². The summed E-state index contributed by atoms with van der Waals surface area (Å²) in [5, 5.41) is 0. The van der Waals surface area contributed by atoms with Gasteiger partial charge in [0.2, 0.25) is 0 Å². The van der Waals surface area contributed by atoms with Gasteiger partial charge in [-0.2, -0.15) is 0 Å². The lowest BCUT2D eigenvalue weighted by atomic mass is 10.0. The van der Waals surface area contributed by atoms with Crippen LogP contribution in [0.1, 0.15) is 38.2 Å². The van der Waals surface area contributed by atoms with E-state index in [-0.39, 0.29) is 6.04 Å². The van der Waals surface area contributed by atoms with Gasteiger partial charge in [-0.1, -0.05) is 19.9 Å². The van der Waals surface area contributed by atoms with Gasteiger partial charge in [0.1, 0.15) is 5.82 Å². The predicted molar refractivity (Wildman–Crippen MR) is 89.3 cm³/mol. The van der Waals surface area contributed by atoms with Crippen LogP contribution >= 0.6 is 11.6 Å². The molecule has 0 saturated heterocycles. The fourth-order valence-electron chi connectivity index (χ4n) is 2.69. The molecule has 1 atom stereocenters. The molecular formula is C17H25ClN2O. The molecule has 1 heterocycles. The van der Waals surface area contributed by atoms with Crippen LogP contribution in [0.5, 0.6) is 0 Å². The second-order valence-electron chi connectivity index (χ2n) is 5.80. The number of benzene rings is 1. The number of hydrogen-bond acceptors (Lipinski definition) is 2. The Morgan fingerprint density at radius 3 is 2.71 bits per heavy atom. The number of imidazole rings is 1. The summed E-state index contributed by atoms with van der Waals surface area (Å²) < 4.78 is 8.05. The van der Waals surface area contributed by atoms with E-state index in [2.05, 4.69) is 43.5 Å². The van der Waals surface area contributed by atoms with Gasteiger partial charge in [0.05, 0.1) is 23.7 Å². The summed E-state index contributed by atoms with van der Waals surface area (Å²) >= 11 is 5.97. The number of aryl methyl sites for hydroxylation is 2. The van der Waals surface area contributed by atoms with Gasteiger partial charge in [0.15, 0.2) is 0 Å². The molecule has 2 aromatic rings. The Morgan fingerprint density at radius 1 is 1.33 bits per heavy atom. The number of hydrogen-bond donors (Lipinski definition) is 0. The zero-order chi connectivity index (χ0) is 15.4. The predicted octanol–water partition coefficient (Wildman–Crippen LogP) is 4.36. The van der Waals surface area contributed by atoms with Crippen LogP contribution in [0.25, 0.3) is 11.0 Å². The maximum Gasteiger partial charge on any atom is 0.111 e. The van der Waals surface area contributed by atoms with Crippen molar-refractivity contribution in [1.82, 2.24) is 9.55 Å². The van der Waals surface area contributed by atoms with Gasteiger partial charge in [-0.25, -0.2) is 4.98 Å². The molecular weight excluding hydrogens is 284 g/mol. The van der Waals surface area contributed by atoms with Crippen molar-refractivity contribution in [2.24, 2.45) is 5.92 Å². The third kappa shape index (κ3) is 3.58. The van der Waals surface area contributed by atoms with E-state index in [1.807, 2.05) is 6.92 Å². The molecule has 0 aliphatic rings. The molecule has 0 aliphatic heterocycles. The van der Waals surface area contributed by atoms with E-state index in [1.165, 1.54) is 11.1 Å². The van der Waals surface area contributed by atoms with Gasteiger partial charge in [-0.3, -0.25) is 0 Å². The van der Waals surface area contributed by atoms with Gasteiger partial charge >= 0.3 is 0 Å². The first-order valence-electron chi connectivity index (χ1n) is 7.69. The molecule has 1 aromatic heterocycles. The van der Waals surface area contributed by atoms with Crippen LogP contribution in [0, 0.1) is 12.8 Å². The van der Waals surface area contributed by atoms with Crippen LogP contribution in [-0.2, 0) is 11.2 Å². The van der Waals surface area contributed by atoms with Crippen molar-refractivity contribution in [2.75, 3.05) is 19.1 Å². The van der Waals surface area contributed by atoms with Crippen molar-refractivity contribution >= 4 is 22.6 Å². The Morgan fingerprint density at radius 2 is 2.10 bits per heavy atom. The second kappa shape index (κ2) is 7.28. The van der Waals surface area contributed by atoms with Crippen molar-refractivity contribution in [2.45, 2.75) is 40.2 Å². The van der Waals surface area contributed by atoms with Crippen molar-refractivity contribution in [3.05, 3.63) is 29.6 Å². The topological polar surface area (TPSA) is 27.1 Å². The average Bonchev–Trinajstić information content (AvgIpc) is 2.77. The van der Waals surface area contributed by atoms with Crippen LogP contribution < -0.4 is 0 Å². The molecule has 0 saturated carbocycles. The number of ether oxygens (including phenoxy) is 1. The molecule has 0 bridgehead atoms. The summed E-state index contributed by atoms with van der Waals surface area (Å²) in [4.78, 5) is 4.78. The number of aromatic nitrogens is 2. The highest BCUT2D eigenvalue weighted by Crippen LogP contribution is 2.27. The van der Waals surface area contributed by atoms with Crippen molar-refractivity contribution in [3.63, 3.8) is 0 Å². The fourth-order valence-corrected chi connectivity index (χ4v) is 2.86. The van der Waals surface area contributed by atoms with Gasteiger partial charge in [-0.05, 0) is 37.5 Å². The minimum absolute atomic E-state index is 0.287. The summed E-state index contributed by atoms with van der Waals surface area (Å²) in [5.41, 5.74) is 3.48. The Labute approximate surface area is 132 Å². The van der Waals surface area contributed by atoms with Crippen molar-refractivity contribution < 1.29 is 4.74 Å². The highest BCUT2D eigenvalue weighted by atomic mass is 35.5. The highest BCUT2D eigenvalue weighted by molar-refractivity contribution is 6.17. The second-order valence-corrected chi connectivity index (χ2v) is 6.18. The van der Waals surface area contributed by atoms with Crippen LogP contribution in [-0.4, -0.2) is 28.6 Å². The van der Waals surface area contributed by atoms with E-state index >= 15 is 0 Å². The molecule has 0 radical (unpaired) electrons. The minimum Gasteiger partial charge on any atom is -0.380 e. The lowest BCUT2D eigenvalue weighted by Gasteiger charge is -2.25. The van der Waals surface area contributed by atoms with E-state index < -0.39 is 0 Å². The molecule has 0 fully saturated rings. The van der Waals surface area contributed by atoms with Crippen molar-refractivity contribution in [1.29, 1.82) is 0 Å². The molecule has 1 unspecified atom stereocenters. The zero-order valence-electron chi connectivity index (χ0n) is 13.4. The molecule has 21 heavy (non-hydrogen) atoms. The summed E-state index contributed by atoms with van der Waals surface area (Å²) in [5.74, 6) is 2.12. The monoisotopic (exact) mass is 308 g/mol. The number of halogens is 1. The Bertz CT molecular complexity index is 592. The number of nitrogens with zero attached hydrogens (tertiary/aromatic N) is 2. The Kier molecular flexibility index (Phi) is 5.65. The van der Waals surface area contributed by atoms with E-state index in [4.69, 9.17) is 21.3 Å². The molecule has 4 heteroatoms. The largest absolute Gasteiger partial charge is 0.380 e. The third-order valence-electron chi connectivity index (χ3n) is 3.83. The SMILES string of the molecule is CCOCC(C(C)C)n1c(CCCl)nc2ccc(C)cc21. The maximum atomic E-state index is 5.97. The highest BCUT2D eigenvalue weighted by Gasteiger charge is 2.22. The van der Waals surface area contributed by atoms with Crippen molar-refractivity contribution in [3.8, 4) is 0 Å². The van der Waals surface area contributed by atoms with Crippen LogP contribution in [0.15, 0.2) is 18.2 Å². The lowest BCUT2D eigenvalue weighted by Crippen LogP contribution is -2.23. The number of fused-ring (bicyclic) bond motifs is 1. The van der Waals surface area contributed by atoms with Gasteiger partial charge in [-0.15, -0.1) is 11.6 Å². The Balaban J connectivity index is 2.55. The first-order valence-corrected chi connectivity index (χ1v) is 8.23. The van der Waals surface area contributed by atoms with E-state index in [0.717, 1.165) is 24.4 Å². The van der Waals surface area contributed by atoms with E-state index in [0.29, 0.717) is 18.4 Å². The summed E-state index contributed by atoms with van der Waals surface area (Å²) in [6.45, 7) is 10.1. The maximum absolute atomic E-state index is 5.97. The molecule has 3 nitrogen and oxygen atoms in total. The van der Waals surface area contributed by atoms with Gasteiger partial charge in [0, 0.05) is 18.9 Å². The molecule has 0 aliphatic carbocycles. The quantitative estimate of drug-likeness (QED) is 0.711. The first kappa shape index (κ1) is 16.3. The molecule has 2 rings (SSSR count). The molecule has 0 N–H and O–H groups in total. The van der Waals surface area contributed by atoms with Gasteiger partial charge in [0.25, 0.3) is 0 Å². The zero-order valence-corrected chi connectivity index (χ0v) is 14.2. The average molecular weight is 309 g/mol. The van der Waals surface area contributed by atoms with Crippen LogP contribution in [0.3, 0.4) is 0 Å². The van der Waals surface area contributed by atoms with Gasteiger partial charge < -0.3 is 9.30 Å². The standard InChI is InChI=1S/C17H25ClN2O/c1-5-21-11-16(12(2)3)20-15-10-13(4)6-7-14(15)19-17(20)8-9-18/h6-7,10,12,16H,5,8-9,11H2,1-4H3.